The molecule has 0 aliphatic carbocycles. The second kappa shape index (κ2) is 8.82. The van der Waals surface area contributed by atoms with Crippen molar-refractivity contribution in [3.63, 3.8) is 0 Å². The third kappa shape index (κ3) is 5.19. The average Bonchev–Trinajstić information content (AvgIpc) is 2.58. The first-order valence-corrected chi connectivity index (χ1v) is 8.07. The molecule has 2 N–H and O–H groups in total. The van der Waals surface area contributed by atoms with Gasteiger partial charge in [0.1, 0.15) is 18.1 Å². The number of anilines is 1. The van der Waals surface area contributed by atoms with Crippen LogP contribution in [-0.4, -0.2) is 25.8 Å². The Bertz CT molecular complexity index is 669. The Balaban J connectivity index is 1.71. The van der Waals surface area contributed by atoms with Gasteiger partial charge in [0.25, 0.3) is 0 Å². The molecule has 0 aliphatic rings. The van der Waals surface area contributed by atoms with Crippen LogP contribution >= 0.6 is 0 Å². The Hall–Kier alpha value is -2.69. The molecule has 24 heavy (non-hydrogen) atoms. The van der Waals surface area contributed by atoms with Crippen LogP contribution in [0.15, 0.2) is 42.5 Å². The van der Waals surface area contributed by atoms with Crippen LogP contribution in [-0.2, 0) is 0 Å². The first kappa shape index (κ1) is 17.7. The molecule has 0 aliphatic heterocycles. The molecule has 0 saturated heterocycles. The maximum absolute atomic E-state index is 11.9. The highest BCUT2D eigenvalue weighted by atomic mass is 16.5. The molecule has 0 spiro atoms. The number of carbonyl (C=O) groups is 1. The Kier molecular flexibility index (Phi) is 6.49. The smallest absolute Gasteiger partial charge is 0.319 e. The van der Waals surface area contributed by atoms with E-state index in [0.29, 0.717) is 19.8 Å². The van der Waals surface area contributed by atoms with Crippen molar-refractivity contribution in [3.8, 4) is 11.5 Å². The van der Waals surface area contributed by atoms with E-state index in [-0.39, 0.29) is 6.03 Å². The molecule has 2 rings (SSSR count). The minimum absolute atomic E-state index is 0.237. The van der Waals surface area contributed by atoms with E-state index >= 15 is 0 Å². The largest absolute Gasteiger partial charge is 0.494 e. The van der Waals surface area contributed by atoms with Gasteiger partial charge in [0.15, 0.2) is 0 Å². The van der Waals surface area contributed by atoms with Gasteiger partial charge in [-0.15, -0.1) is 0 Å². The first-order chi connectivity index (χ1) is 11.6. The lowest BCUT2D eigenvalue weighted by molar-refractivity contribution is 0.247. The molecule has 0 heterocycles. The molecule has 2 aromatic rings. The molecule has 0 bridgehead atoms. The molecular weight excluding hydrogens is 304 g/mol. The number of urea groups is 1. The Labute approximate surface area is 143 Å². The lowest BCUT2D eigenvalue weighted by Crippen LogP contribution is -2.32. The van der Waals surface area contributed by atoms with Gasteiger partial charge in [-0.25, -0.2) is 4.79 Å². The van der Waals surface area contributed by atoms with Crippen molar-refractivity contribution in [1.29, 1.82) is 0 Å². The molecule has 0 aromatic heterocycles. The van der Waals surface area contributed by atoms with Gasteiger partial charge in [0.05, 0.1) is 13.2 Å². The van der Waals surface area contributed by atoms with Crippen molar-refractivity contribution in [1.82, 2.24) is 5.32 Å². The monoisotopic (exact) mass is 328 g/mol. The van der Waals surface area contributed by atoms with E-state index < -0.39 is 0 Å². The summed E-state index contributed by atoms with van der Waals surface area (Å²) in [5, 5.41) is 5.63. The van der Waals surface area contributed by atoms with E-state index in [4.69, 9.17) is 9.47 Å². The van der Waals surface area contributed by atoms with Gasteiger partial charge in [-0.1, -0.05) is 12.1 Å². The number of hydrogen-bond donors (Lipinski definition) is 2. The minimum Gasteiger partial charge on any atom is -0.494 e. The summed E-state index contributed by atoms with van der Waals surface area (Å²) in [5.41, 5.74) is 3.03. The number of rotatable bonds is 7. The summed E-state index contributed by atoms with van der Waals surface area (Å²) in [6.45, 7) is 7.40. The van der Waals surface area contributed by atoms with Crippen molar-refractivity contribution in [2.45, 2.75) is 20.8 Å². The highest BCUT2D eigenvalue weighted by Crippen LogP contribution is 2.18. The van der Waals surface area contributed by atoms with Crippen LogP contribution in [0.2, 0.25) is 0 Å². The molecule has 128 valence electrons. The van der Waals surface area contributed by atoms with Crippen molar-refractivity contribution in [2.75, 3.05) is 25.1 Å². The first-order valence-electron chi connectivity index (χ1n) is 8.07. The highest BCUT2D eigenvalue weighted by Gasteiger charge is 2.05. The van der Waals surface area contributed by atoms with E-state index in [1.54, 1.807) is 0 Å². The second-order valence-corrected chi connectivity index (χ2v) is 5.38. The van der Waals surface area contributed by atoms with Crippen molar-refractivity contribution < 1.29 is 14.3 Å². The van der Waals surface area contributed by atoms with Gasteiger partial charge in [-0.05, 0) is 62.2 Å². The van der Waals surface area contributed by atoms with E-state index in [9.17, 15) is 4.79 Å². The van der Waals surface area contributed by atoms with Gasteiger partial charge in [0.2, 0.25) is 0 Å². The van der Waals surface area contributed by atoms with Gasteiger partial charge >= 0.3 is 6.03 Å². The van der Waals surface area contributed by atoms with Crippen molar-refractivity contribution >= 4 is 11.7 Å². The number of benzene rings is 2. The number of ether oxygens (including phenoxy) is 2. The fourth-order valence-corrected chi connectivity index (χ4v) is 2.19. The molecule has 2 amide bonds. The second-order valence-electron chi connectivity index (χ2n) is 5.38. The quantitative estimate of drug-likeness (QED) is 0.758. The summed E-state index contributed by atoms with van der Waals surface area (Å²) in [4.78, 5) is 11.9. The van der Waals surface area contributed by atoms with Crippen LogP contribution in [0.5, 0.6) is 11.5 Å². The topological polar surface area (TPSA) is 59.6 Å². The third-order valence-electron chi connectivity index (χ3n) is 3.64. The van der Waals surface area contributed by atoms with Crippen LogP contribution in [0, 0.1) is 13.8 Å². The zero-order valence-electron chi connectivity index (χ0n) is 14.4. The fourth-order valence-electron chi connectivity index (χ4n) is 2.19. The molecule has 0 saturated carbocycles. The third-order valence-corrected chi connectivity index (χ3v) is 3.64. The van der Waals surface area contributed by atoms with E-state index in [1.165, 1.54) is 0 Å². The Morgan fingerprint density at radius 2 is 1.67 bits per heavy atom. The van der Waals surface area contributed by atoms with Crippen LogP contribution < -0.4 is 20.1 Å². The molecule has 0 atom stereocenters. The molecular formula is C19H24N2O3. The summed E-state index contributed by atoms with van der Waals surface area (Å²) in [5.74, 6) is 1.56. The van der Waals surface area contributed by atoms with E-state index in [0.717, 1.165) is 28.3 Å². The molecule has 5 nitrogen and oxygen atoms in total. The predicted octanol–water partition coefficient (Wildman–Crippen LogP) is 3.90. The van der Waals surface area contributed by atoms with Crippen LogP contribution in [0.4, 0.5) is 10.5 Å². The number of amides is 2. The Morgan fingerprint density at radius 3 is 2.33 bits per heavy atom. The van der Waals surface area contributed by atoms with Gasteiger partial charge in [-0.2, -0.15) is 0 Å². The summed E-state index contributed by atoms with van der Waals surface area (Å²) in [6.07, 6.45) is 0. The maximum atomic E-state index is 11.9. The summed E-state index contributed by atoms with van der Waals surface area (Å²) >= 11 is 0. The SMILES string of the molecule is CCOc1ccc(OCCNC(=O)Nc2cccc(C)c2C)cc1. The van der Waals surface area contributed by atoms with Gasteiger partial charge in [-0.3, -0.25) is 0 Å². The molecule has 2 aromatic carbocycles. The number of aryl methyl sites for hydroxylation is 1. The van der Waals surface area contributed by atoms with Crippen molar-refractivity contribution in [3.05, 3.63) is 53.6 Å². The molecule has 0 radical (unpaired) electrons. The molecule has 0 unspecified atom stereocenters. The zero-order valence-corrected chi connectivity index (χ0v) is 14.4. The number of carbonyl (C=O) groups excluding carboxylic acids is 1. The predicted molar refractivity (Wildman–Crippen MR) is 96.0 cm³/mol. The highest BCUT2D eigenvalue weighted by molar-refractivity contribution is 5.90. The Morgan fingerprint density at radius 1 is 1.00 bits per heavy atom. The van der Waals surface area contributed by atoms with Gasteiger partial charge < -0.3 is 20.1 Å². The lowest BCUT2D eigenvalue weighted by atomic mass is 10.1. The number of nitrogens with one attached hydrogen (secondary N) is 2. The van der Waals surface area contributed by atoms with E-state index in [2.05, 4.69) is 10.6 Å². The minimum atomic E-state index is -0.237. The summed E-state index contributed by atoms with van der Waals surface area (Å²) in [6, 6.07) is 13.0. The van der Waals surface area contributed by atoms with Crippen LogP contribution in [0.1, 0.15) is 18.1 Å². The van der Waals surface area contributed by atoms with Crippen LogP contribution in [0.3, 0.4) is 0 Å². The zero-order chi connectivity index (χ0) is 17.4. The molecule has 5 heteroatoms. The molecule has 0 fully saturated rings. The fraction of sp³-hybridized carbons (Fsp3) is 0.316. The standard InChI is InChI=1S/C19H24N2O3/c1-4-23-16-8-10-17(11-9-16)24-13-12-20-19(22)21-18-7-5-6-14(2)15(18)3/h5-11H,4,12-13H2,1-3H3,(H2,20,21,22). The normalized spacial score (nSPS) is 10.1. The van der Waals surface area contributed by atoms with Gasteiger partial charge in [0, 0.05) is 5.69 Å². The number of hydrogen-bond acceptors (Lipinski definition) is 3. The average molecular weight is 328 g/mol. The van der Waals surface area contributed by atoms with Crippen LogP contribution in [0.25, 0.3) is 0 Å². The van der Waals surface area contributed by atoms with E-state index in [1.807, 2.05) is 63.2 Å². The maximum Gasteiger partial charge on any atom is 0.319 e. The summed E-state index contributed by atoms with van der Waals surface area (Å²) < 4.78 is 11.0. The van der Waals surface area contributed by atoms with Crippen molar-refractivity contribution in [2.24, 2.45) is 0 Å². The lowest BCUT2D eigenvalue weighted by Gasteiger charge is -2.12. The summed E-state index contributed by atoms with van der Waals surface area (Å²) in [7, 11) is 0.